The van der Waals surface area contributed by atoms with Gasteiger partial charge in [0.25, 0.3) is 0 Å². The third-order valence-electron chi connectivity index (χ3n) is 6.97. The predicted octanol–water partition coefficient (Wildman–Crippen LogP) is 3.48. The number of hydrogen-bond acceptors (Lipinski definition) is 9. The standard InChI is InChI=1S/C28H32ClN9O/c1-19-16-33-22(20(2)24(19)39-3)18-38-17-21(23-25(29)34-27(30)35-26(23)38)8-5-4-6-11-36-12-14-37(15-13-36)28-31-9-7-10-32-28/h7,9-10,16-17H,4,6,11-15,18H2,1-3H3,(H2,30,34,35). The second kappa shape index (κ2) is 11.8. The molecule has 0 bridgehead atoms. The van der Waals surface area contributed by atoms with Crippen molar-refractivity contribution in [2.45, 2.75) is 33.2 Å². The molecule has 2 N–H and O–H groups in total. The van der Waals surface area contributed by atoms with Crippen LogP contribution in [0.15, 0.2) is 30.9 Å². The van der Waals surface area contributed by atoms with E-state index in [2.05, 4.69) is 46.6 Å². The molecular weight excluding hydrogens is 514 g/mol. The number of halogens is 1. The highest BCUT2D eigenvalue weighted by molar-refractivity contribution is 6.34. The molecular formula is C28H32ClN9O. The molecule has 4 aromatic heterocycles. The maximum atomic E-state index is 6.51. The molecule has 0 saturated carbocycles. The molecule has 1 fully saturated rings. The molecule has 5 heterocycles. The molecule has 202 valence electrons. The number of nitrogens with zero attached hydrogens (tertiary/aromatic N) is 8. The number of rotatable bonds is 7. The first-order chi connectivity index (χ1) is 18.9. The number of piperazine rings is 1. The van der Waals surface area contributed by atoms with E-state index in [4.69, 9.17) is 22.1 Å². The molecule has 0 unspecified atom stereocenters. The van der Waals surface area contributed by atoms with Gasteiger partial charge in [-0.2, -0.15) is 4.98 Å². The molecule has 0 aliphatic carbocycles. The van der Waals surface area contributed by atoms with Crippen molar-refractivity contribution >= 4 is 34.5 Å². The summed E-state index contributed by atoms with van der Waals surface area (Å²) in [6.07, 6.45) is 9.11. The number of fused-ring (bicyclic) bond motifs is 1. The predicted molar refractivity (Wildman–Crippen MR) is 153 cm³/mol. The number of unbranched alkanes of at least 4 members (excludes halogenated alkanes) is 1. The molecule has 1 aliphatic rings. The molecule has 0 atom stereocenters. The van der Waals surface area contributed by atoms with E-state index < -0.39 is 0 Å². The van der Waals surface area contributed by atoms with Gasteiger partial charge in [0, 0.05) is 68.5 Å². The van der Waals surface area contributed by atoms with Crippen molar-refractivity contribution in [3.8, 4) is 17.6 Å². The molecule has 0 spiro atoms. The van der Waals surface area contributed by atoms with Crippen molar-refractivity contribution in [3.05, 3.63) is 58.4 Å². The van der Waals surface area contributed by atoms with Crippen LogP contribution in [-0.2, 0) is 6.54 Å². The van der Waals surface area contributed by atoms with Gasteiger partial charge in [-0.25, -0.2) is 15.0 Å². The third kappa shape index (κ3) is 5.90. The smallest absolute Gasteiger partial charge is 0.225 e. The van der Waals surface area contributed by atoms with Crippen LogP contribution in [0, 0.1) is 25.7 Å². The monoisotopic (exact) mass is 545 g/mol. The minimum atomic E-state index is 0.122. The van der Waals surface area contributed by atoms with Crippen LogP contribution in [0.1, 0.15) is 35.2 Å². The fourth-order valence-electron chi connectivity index (χ4n) is 4.94. The topological polar surface area (TPSA) is 111 Å². The fraction of sp³-hybridized carbons (Fsp3) is 0.393. The normalized spacial score (nSPS) is 13.9. The third-order valence-corrected chi connectivity index (χ3v) is 7.24. The zero-order valence-corrected chi connectivity index (χ0v) is 23.2. The van der Waals surface area contributed by atoms with Gasteiger partial charge in [0.05, 0.1) is 30.3 Å². The average molecular weight is 546 g/mol. The van der Waals surface area contributed by atoms with Gasteiger partial charge in [-0.05, 0) is 32.9 Å². The van der Waals surface area contributed by atoms with Crippen LogP contribution in [-0.4, -0.2) is 74.2 Å². The van der Waals surface area contributed by atoms with Crippen LogP contribution in [0.5, 0.6) is 5.75 Å². The van der Waals surface area contributed by atoms with Crippen molar-refractivity contribution in [1.82, 2.24) is 34.4 Å². The summed E-state index contributed by atoms with van der Waals surface area (Å²) in [4.78, 5) is 26.7. The zero-order chi connectivity index (χ0) is 27.4. The van der Waals surface area contributed by atoms with Crippen molar-refractivity contribution in [1.29, 1.82) is 0 Å². The van der Waals surface area contributed by atoms with Crippen LogP contribution >= 0.6 is 11.6 Å². The molecule has 39 heavy (non-hydrogen) atoms. The van der Waals surface area contributed by atoms with Crippen molar-refractivity contribution in [3.63, 3.8) is 0 Å². The highest BCUT2D eigenvalue weighted by atomic mass is 35.5. The van der Waals surface area contributed by atoms with E-state index in [9.17, 15) is 0 Å². The SMILES string of the molecule is COc1c(C)cnc(Cn2cc(C#CCCCN3CCN(c4ncccn4)CC3)c3c(Cl)nc(N)nc32)c1C. The van der Waals surface area contributed by atoms with Crippen LogP contribution in [0.25, 0.3) is 11.0 Å². The number of methoxy groups -OCH3 is 1. The van der Waals surface area contributed by atoms with E-state index >= 15 is 0 Å². The first kappa shape index (κ1) is 26.7. The highest BCUT2D eigenvalue weighted by Crippen LogP contribution is 2.29. The average Bonchev–Trinajstić information content (AvgIpc) is 3.28. The lowest BCUT2D eigenvalue weighted by molar-refractivity contribution is 0.255. The van der Waals surface area contributed by atoms with Crippen molar-refractivity contribution in [2.75, 3.05) is 50.5 Å². The van der Waals surface area contributed by atoms with E-state index in [0.717, 1.165) is 79.6 Å². The van der Waals surface area contributed by atoms with E-state index in [1.165, 1.54) is 0 Å². The van der Waals surface area contributed by atoms with Gasteiger partial charge < -0.3 is 19.9 Å². The van der Waals surface area contributed by atoms with Gasteiger partial charge in [-0.1, -0.05) is 23.4 Å². The number of ether oxygens (including phenoxy) is 1. The van der Waals surface area contributed by atoms with Crippen molar-refractivity contribution < 1.29 is 4.74 Å². The Labute approximate surface area is 233 Å². The molecule has 1 saturated heterocycles. The van der Waals surface area contributed by atoms with Gasteiger partial charge >= 0.3 is 0 Å². The van der Waals surface area contributed by atoms with Gasteiger partial charge in [0.1, 0.15) is 16.5 Å². The van der Waals surface area contributed by atoms with E-state index in [0.29, 0.717) is 22.7 Å². The Morgan fingerprint density at radius 3 is 2.59 bits per heavy atom. The molecule has 1 aliphatic heterocycles. The molecule has 0 aromatic carbocycles. The second-order valence-corrected chi connectivity index (χ2v) is 9.93. The summed E-state index contributed by atoms with van der Waals surface area (Å²) in [7, 11) is 1.67. The Kier molecular flexibility index (Phi) is 8.10. The van der Waals surface area contributed by atoms with Crippen LogP contribution in [0.2, 0.25) is 5.15 Å². The number of nitrogens with two attached hydrogens (primary N) is 1. The van der Waals surface area contributed by atoms with E-state index in [-0.39, 0.29) is 5.95 Å². The van der Waals surface area contributed by atoms with Crippen LogP contribution in [0.4, 0.5) is 11.9 Å². The molecule has 0 radical (unpaired) electrons. The van der Waals surface area contributed by atoms with Gasteiger partial charge in [-0.15, -0.1) is 0 Å². The van der Waals surface area contributed by atoms with Gasteiger partial charge in [-0.3, -0.25) is 9.88 Å². The number of aryl methyl sites for hydroxylation is 1. The van der Waals surface area contributed by atoms with E-state index in [1.807, 2.05) is 36.9 Å². The fourth-order valence-corrected chi connectivity index (χ4v) is 5.21. The number of anilines is 2. The summed E-state index contributed by atoms with van der Waals surface area (Å²) in [5.74, 6) is 8.38. The molecule has 11 heteroatoms. The van der Waals surface area contributed by atoms with Crippen LogP contribution < -0.4 is 15.4 Å². The maximum Gasteiger partial charge on any atom is 0.225 e. The molecule has 5 rings (SSSR count). The summed E-state index contributed by atoms with van der Waals surface area (Å²) in [5, 5.41) is 1.00. The van der Waals surface area contributed by atoms with Crippen LogP contribution in [0.3, 0.4) is 0 Å². The molecule has 4 aromatic rings. The van der Waals surface area contributed by atoms with Gasteiger partial charge in [0.15, 0.2) is 0 Å². The largest absolute Gasteiger partial charge is 0.496 e. The zero-order valence-electron chi connectivity index (χ0n) is 22.5. The lowest BCUT2D eigenvalue weighted by atomic mass is 10.1. The Morgan fingerprint density at radius 2 is 1.85 bits per heavy atom. The summed E-state index contributed by atoms with van der Waals surface area (Å²) in [6, 6.07) is 1.84. The quantitative estimate of drug-likeness (QED) is 0.212. The van der Waals surface area contributed by atoms with E-state index in [1.54, 1.807) is 19.5 Å². The molecule has 10 nitrogen and oxygen atoms in total. The first-order valence-electron chi connectivity index (χ1n) is 13.0. The first-order valence-corrected chi connectivity index (χ1v) is 13.4. The molecule has 0 amide bonds. The minimum absolute atomic E-state index is 0.122. The number of hydrogen-bond donors (Lipinski definition) is 1. The Balaban J connectivity index is 1.26. The Bertz CT molecular complexity index is 1520. The Hall–Kier alpha value is -3.94. The van der Waals surface area contributed by atoms with Crippen molar-refractivity contribution in [2.24, 2.45) is 0 Å². The highest BCUT2D eigenvalue weighted by Gasteiger charge is 2.19. The summed E-state index contributed by atoms with van der Waals surface area (Å²) >= 11 is 6.51. The Morgan fingerprint density at radius 1 is 1.08 bits per heavy atom. The summed E-state index contributed by atoms with van der Waals surface area (Å²) < 4.78 is 7.56. The number of nitrogen functional groups attached to an aromatic ring is 1. The maximum absolute atomic E-state index is 6.51. The number of pyridine rings is 1. The summed E-state index contributed by atoms with van der Waals surface area (Å²) in [5.41, 5.74) is 10.2. The van der Waals surface area contributed by atoms with Gasteiger partial charge in [0.2, 0.25) is 11.9 Å². The minimum Gasteiger partial charge on any atom is -0.496 e. The lowest BCUT2D eigenvalue weighted by Crippen LogP contribution is -2.47. The number of aromatic nitrogens is 6. The lowest BCUT2D eigenvalue weighted by Gasteiger charge is -2.34. The second-order valence-electron chi connectivity index (χ2n) is 9.57. The summed E-state index contributed by atoms with van der Waals surface area (Å²) in [6.45, 7) is 9.31.